The molecule has 1 heterocycles. The first-order chi connectivity index (χ1) is 15.0. The van der Waals surface area contributed by atoms with Gasteiger partial charge in [-0.3, -0.25) is 4.79 Å². The van der Waals surface area contributed by atoms with Gasteiger partial charge in [-0.1, -0.05) is 43.9 Å². The Hall–Kier alpha value is -1.68. The summed E-state index contributed by atoms with van der Waals surface area (Å²) in [6.45, 7) is 0. The molecule has 5 atom stereocenters. The van der Waals surface area contributed by atoms with Crippen LogP contribution >= 0.6 is 11.3 Å². The van der Waals surface area contributed by atoms with E-state index in [-0.39, 0.29) is 29.6 Å². The number of aliphatic hydroxyl groups is 2. The van der Waals surface area contributed by atoms with Gasteiger partial charge < -0.3 is 15.3 Å². The number of unbranched alkanes of at least 4 members (excludes halogenated alkanes) is 3. The second-order valence-corrected chi connectivity index (χ2v) is 10.2. The van der Waals surface area contributed by atoms with E-state index in [1.807, 2.05) is 18.2 Å². The molecule has 0 aromatic carbocycles. The minimum Gasteiger partial charge on any atom is -0.481 e. The minimum atomic E-state index is -0.751. The van der Waals surface area contributed by atoms with Crippen LogP contribution in [0.15, 0.2) is 29.7 Å². The molecular formula is C25H35NO4S. The number of aliphatic hydroxyl groups excluding tert-OH is 2. The van der Waals surface area contributed by atoms with Gasteiger partial charge in [-0.15, -0.1) is 11.3 Å². The topological polar surface area (TPSA) is 102 Å². The Kier molecular flexibility index (Phi) is 8.71. The van der Waals surface area contributed by atoms with Gasteiger partial charge in [0, 0.05) is 22.6 Å². The quantitative estimate of drug-likeness (QED) is 0.309. The SMILES string of the molecule is N#C[C@@H]1C[C@@H](O)[C@H](/C=C/CC(O)C2(c3cccs3)CCC2)[C@H]1CCCCCCC(=O)O. The smallest absolute Gasteiger partial charge is 0.303 e. The van der Waals surface area contributed by atoms with E-state index in [9.17, 15) is 20.3 Å². The first-order valence-corrected chi connectivity index (χ1v) is 12.5. The molecule has 5 nitrogen and oxygen atoms in total. The number of carboxylic acid groups (broad SMARTS) is 1. The predicted molar refractivity (Wildman–Crippen MR) is 122 cm³/mol. The third kappa shape index (κ3) is 5.77. The third-order valence-electron chi connectivity index (χ3n) is 7.41. The highest BCUT2D eigenvalue weighted by molar-refractivity contribution is 7.10. The number of carboxylic acids is 1. The van der Waals surface area contributed by atoms with Crippen molar-refractivity contribution in [3.63, 3.8) is 0 Å². The number of nitrogens with zero attached hydrogens (tertiary/aromatic N) is 1. The molecule has 170 valence electrons. The maximum absolute atomic E-state index is 11.0. The largest absolute Gasteiger partial charge is 0.481 e. The van der Waals surface area contributed by atoms with E-state index < -0.39 is 18.2 Å². The molecule has 1 aromatic heterocycles. The molecule has 6 heteroatoms. The number of hydrogen-bond donors (Lipinski definition) is 3. The second-order valence-electron chi connectivity index (χ2n) is 9.29. The van der Waals surface area contributed by atoms with E-state index in [0.717, 1.165) is 44.9 Å². The zero-order valence-electron chi connectivity index (χ0n) is 18.2. The highest BCUT2D eigenvalue weighted by Gasteiger charge is 2.45. The lowest BCUT2D eigenvalue weighted by Crippen LogP contribution is -2.44. The summed E-state index contributed by atoms with van der Waals surface area (Å²) in [4.78, 5) is 11.9. The molecule has 1 unspecified atom stereocenters. The average molecular weight is 446 g/mol. The summed E-state index contributed by atoms with van der Waals surface area (Å²) in [7, 11) is 0. The van der Waals surface area contributed by atoms with Crippen molar-refractivity contribution in [1.29, 1.82) is 5.26 Å². The van der Waals surface area contributed by atoms with Crippen molar-refractivity contribution in [1.82, 2.24) is 0 Å². The lowest BCUT2D eigenvalue weighted by atomic mass is 9.63. The molecule has 3 rings (SSSR count). The van der Waals surface area contributed by atoms with Gasteiger partial charge in [0.1, 0.15) is 0 Å². The number of rotatable bonds is 12. The van der Waals surface area contributed by atoms with Gasteiger partial charge in [0.05, 0.1) is 24.2 Å². The van der Waals surface area contributed by atoms with Crippen LogP contribution in [0.3, 0.4) is 0 Å². The summed E-state index contributed by atoms with van der Waals surface area (Å²) in [5.74, 6) is -0.811. The van der Waals surface area contributed by atoms with Gasteiger partial charge in [-0.25, -0.2) is 0 Å². The van der Waals surface area contributed by atoms with Crippen molar-refractivity contribution in [3.8, 4) is 6.07 Å². The Bertz CT molecular complexity index is 765. The molecule has 2 fully saturated rings. The van der Waals surface area contributed by atoms with Crippen molar-refractivity contribution in [3.05, 3.63) is 34.5 Å². The third-order valence-corrected chi connectivity index (χ3v) is 8.50. The lowest BCUT2D eigenvalue weighted by Gasteiger charge is -2.45. The Balaban J connectivity index is 1.53. The fourth-order valence-corrected chi connectivity index (χ4v) is 6.46. The number of carbonyl (C=O) groups is 1. The molecule has 0 radical (unpaired) electrons. The van der Waals surface area contributed by atoms with Crippen molar-refractivity contribution < 1.29 is 20.1 Å². The van der Waals surface area contributed by atoms with Crippen molar-refractivity contribution >= 4 is 17.3 Å². The molecule has 0 saturated heterocycles. The highest BCUT2D eigenvalue weighted by Crippen LogP contribution is 2.49. The second kappa shape index (κ2) is 11.3. The number of aliphatic carboxylic acids is 1. The van der Waals surface area contributed by atoms with Crippen LogP contribution in [0.2, 0.25) is 0 Å². The molecule has 2 aliphatic rings. The zero-order chi connectivity index (χ0) is 22.3. The molecule has 0 amide bonds. The molecule has 2 aliphatic carbocycles. The van der Waals surface area contributed by atoms with Crippen LogP contribution in [0.25, 0.3) is 0 Å². The lowest BCUT2D eigenvalue weighted by molar-refractivity contribution is -0.137. The van der Waals surface area contributed by atoms with E-state index in [1.165, 1.54) is 4.88 Å². The van der Waals surface area contributed by atoms with Gasteiger partial charge in [0.25, 0.3) is 0 Å². The Labute approximate surface area is 189 Å². The molecule has 31 heavy (non-hydrogen) atoms. The first-order valence-electron chi connectivity index (χ1n) is 11.7. The number of thiophene rings is 1. The van der Waals surface area contributed by atoms with Crippen LogP contribution in [0.5, 0.6) is 0 Å². The molecule has 1 aromatic rings. The standard InChI is InChI=1S/C25H35NO4S/c26-17-18-16-21(27)20(19(18)8-3-1-2-4-12-24(29)30)9-5-10-22(28)25(13-7-14-25)23-11-6-15-31-23/h5-6,9,11,15,18-22,27-28H,1-4,7-8,10,12-14,16H2,(H,29,30)/b9-5+/t18-,19-,20+,21+,22?/m0/s1. The normalized spacial score (nSPS) is 28.3. The summed E-state index contributed by atoms with van der Waals surface area (Å²) in [6, 6.07) is 6.56. The van der Waals surface area contributed by atoms with E-state index in [1.54, 1.807) is 11.3 Å². The van der Waals surface area contributed by atoms with Crippen molar-refractivity contribution in [2.45, 2.75) is 88.3 Å². The van der Waals surface area contributed by atoms with Gasteiger partial charge in [0.15, 0.2) is 0 Å². The predicted octanol–water partition coefficient (Wildman–Crippen LogP) is 5.04. The van der Waals surface area contributed by atoms with Gasteiger partial charge >= 0.3 is 5.97 Å². The van der Waals surface area contributed by atoms with Gasteiger partial charge in [-0.05, 0) is 55.9 Å². The zero-order valence-corrected chi connectivity index (χ0v) is 19.0. The van der Waals surface area contributed by atoms with E-state index in [0.29, 0.717) is 19.3 Å². The fourth-order valence-electron chi connectivity index (χ4n) is 5.42. The van der Waals surface area contributed by atoms with Crippen LogP contribution in [-0.4, -0.2) is 33.5 Å². The molecule has 0 aliphatic heterocycles. The molecular weight excluding hydrogens is 410 g/mol. The van der Waals surface area contributed by atoms with Crippen LogP contribution < -0.4 is 0 Å². The Morgan fingerprint density at radius 1 is 1.32 bits per heavy atom. The summed E-state index contributed by atoms with van der Waals surface area (Å²) in [6.07, 6.45) is 12.0. The van der Waals surface area contributed by atoms with E-state index in [2.05, 4.69) is 17.5 Å². The first kappa shape index (κ1) is 24.0. The fraction of sp³-hybridized carbons (Fsp3) is 0.680. The maximum atomic E-state index is 11.0. The molecule has 2 saturated carbocycles. The number of hydrogen-bond acceptors (Lipinski definition) is 5. The van der Waals surface area contributed by atoms with Crippen molar-refractivity contribution in [2.75, 3.05) is 0 Å². The van der Waals surface area contributed by atoms with E-state index in [4.69, 9.17) is 5.11 Å². The average Bonchev–Trinajstić information content (AvgIpc) is 3.33. The molecule has 0 spiro atoms. The summed E-state index contributed by atoms with van der Waals surface area (Å²) < 4.78 is 0. The van der Waals surface area contributed by atoms with Gasteiger partial charge in [0.2, 0.25) is 0 Å². The van der Waals surface area contributed by atoms with Crippen LogP contribution in [0, 0.1) is 29.1 Å². The summed E-state index contributed by atoms with van der Waals surface area (Å²) in [5, 5.41) is 41.9. The molecule has 0 bridgehead atoms. The van der Waals surface area contributed by atoms with Crippen LogP contribution in [-0.2, 0) is 10.2 Å². The summed E-state index contributed by atoms with van der Waals surface area (Å²) in [5.41, 5.74) is -0.114. The Morgan fingerprint density at radius 3 is 2.71 bits per heavy atom. The van der Waals surface area contributed by atoms with Crippen LogP contribution in [0.4, 0.5) is 0 Å². The maximum Gasteiger partial charge on any atom is 0.303 e. The van der Waals surface area contributed by atoms with E-state index >= 15 is 0 Å². The monoisotopic (exact) mass is 445 g/mol. The summed E-state index contributed by atoms with van der Waals surface area (Å²) >= 11 is 1.72. The highest BCUT2D eigenvalue weighted by atomic mass is 32.1. The molecule has 3 N–H and O–H groups in total. The minimum absolute atomic E-state index is 0.0463. The van der Waals surface area contributed by atoms with Gasteiger partial charge in [-0.2, -0.15) is 5.26 Å². The van der Waals surface area contributed by atoms with Crippen LogP contribution in [0.1, 0.15) is 75.5 Å². The Morgan fingerprint density at radius 2 is 2.10 bits per heavy atom. The van der Waals surface area contributed by atoms with Crippen molar-refractivity contribution in [2.24, 2.45) is 17.8 Å². The number of nitriles is 1.